The first-order valence-corrected chi connectivity index (χ1v) is 4.78. The van der Waals surface area contributed by atoms with Gasteiger partial charge in [-0.1, -0.05) is 13.5 Å². The van der Waals surface area contributed by atoms with Crippen molar-refractivity contribution < 1.29 is 27.4 Å². The average molecular weight is 238 g/mol. The fraction of sp³-hybridized carbons (Fsp3) is 0.700. The Morgan fingerprint density at radius 1 is 1.62 bits per heavy atom. The lowest BCUT2D eigenvalue weighted by Gasteiger charge is -2.55. The Balaban J connectivity index is 2.97. The normalized spacial score (nSPS) is 34.1. The molecule has 2 atom stereocenters. The number of rotatable bonds is 3. The van der Waals surface area contributed by atoms with E-state index in [1.165, 1.54) is 13.8 Å². The molecule has 0 bridgehead atoms. The predicted octanol–water partition coefficient (Wildman–Crippen LogP) is 2.22. The standard InChI is InChI=1S/C10H13F3O3/c1-4-7(14)16-8(3)6-15-9(8,5-2)10(11,12)13/h4H,1,5-6H2,2-3H3. The Kier molecular flexibility index (Phi) is 3.06. The van der Waals surface area contributed by atoms with Gasteiger partial charge in [-0.15, -0.1) is 0 Å². The van der Waals surface area contributed by atoms with Crippen LogP contribution in [0.4, 0.5) is 13.2 Å². The summed E-state index contributed by atoms with van der Waals surface area (Å²) >= 11 is 0. The highest BCUT2D eigenvalue weighted by molar-refractivity contribution is 5.81. The van der Waals surface area contributed by atoms with E-state index in [4.69, 9.17) is 4.74 Å². The zero-order chi connectivity index (χ0) is 12.6. The minimum atomic E-state index is -4.57. The summed E-state index contributed by atoms with van der Waals surface area (Å²) in [5, 5.41) is 0. The number of halogens is 3. The van der Waals surface area contributed by atoms with Crippen LogP contribution in [0, 0.1) is 0 Å². The molecule has 0 spiro atoms. The molecule has 0 aliphatic carbocycles. The summed E-state index contributed by atoms with van der Waals surface area (Å²) in [6.45, 7) is 5.44. The van der Waals surface area contributed by atoms with E-state index in [1.54, 1.807) is 0 Å². The van der Waals surface area contributed by atoms with E-state index in [0.29, 0.717) is 0 Å². The number of hydrogen-bond acceptors (Lipinski definition) is 3. The van der Waals surface area contributed by atoms with Crippen molar-refractivity contribution in [3.05, 3.63) is 12.7 Å². The molecule has 0 radical (unpaired) electrons. The summed E-state index contributed by atoms with van der Waals surface area (Å²) in [5.41, 5.74) is -4.08. The van der Waals surface area contributed by atoms with Crippen LogP contribution in [-0.4, -0.2) is 30.0 Å². The zero-order valence-corrected chi connectivity index (χ0v) is 9.06. The molecule has 92 valence electrons. The van der Waals surface area contributed by atoms with Gasteiger partial charge in [0, 0.05) is 6.08 Å². The average Bonchev–Trinajstić information content (AvgIpc) is 2.15. The summed E-state index contributed by atoms with van der Waals surface area (Å²) in [6.07, 6.45) is -4.05. The first-order chi connectivity index (χ1) is 7.22. The molecule has 0 aromatic carbocycles. The monoisotopic (exact) mass is 238 g/mol. The number of esters is 1. The van der Waals surface area contributed by atoms with Crippen molar-refractivity contribution in [2.45, 2.75) is 37.6 Å². The molecule has 1 aliphatic heterocycles. The summed E-state index contributed by atoms with van der Waals surface area (Å²) in [5.74, 6) is -0.882. The Labute approximate surface area is 91.2 Å². The van der Waals surface area contributed by atoms with Crippen molar-refractivity contribution in [2.75, 3.05) is 6.61 Å². The SMILES string of the molecule is C=CC(=O)OC1(C)COC1(CC)C(F)(F)F. The van der Waals surface area contributed by atoms with Gasteiger partial charge >= 0.3 is 12.1 Å². The second-order valence-electron chi connectivity index (χ2n) is 3.82. The van der Waals surface area contributed by atoms with Gasteiger partial charge in [-0.3, -0.25) is 0 Å². The van der Waals surface area contributed by atoms with Gasteiger partial charge in [0.2, 0.25) is 5.60 Å². The van der Waals surface area contributed by atoms with Crippen LogP contribution in [0.15, 0.2) is 12.7 Å². The Morgan fingerprint density at radius 3 is 2.44 bits per heavy atom. The second kappa shape index (κ2) is 3.76. The zero-order valence-electron chi connectivity index (χ0n) is 9.06. The maximum Gasteiger partial charge on any atom is 0.421 e. The van der Waals surface area contributed by atoms with Gasteiger partial charge in [-0.2, -0.15) is 13.2 Å². The number of carbonyl (C=O) groups excluding carboxylic acids is 1. The summed E-state index contributed by atoms with van der Waals surface area (Å²) in [7, 11) is 0. The Hall–Kier alpha value is -1.04. The van der Waals surface area contributed by atoms with Crippen LogP contribution >= 0.6 is 0 Å². The third-order valence-electron chi connectivity index (χ3n) is 2.90. The number of hydrogen-bond donors (Lipinski definition) is 0. The van der Waals surface area contributed by atoms with E-state index in [0.717, 1.165) is 6.08 Å². The third-order valence-corrected chi connectivity index (χ3v) is 2.90. The van der Waals surface area contributed by atoms with Gasteiger partial charge in [0.15, 0.2) is 5.60 Å². The van der Waals surface area contributed by atoms with Crippen molar-refractivity contribution in [1.29, 1.82) is 0 Å². The molecule has 1 saturated heterocycles. The molecule has 0 aromatic rings. The molecular formula is C10H13F3O3. The summed E-state index contributed by atoms with van der Waals surface area (Å²) < 4.78 is 48.0. The van der Waals surface area contributed by atoms with Gasteiger partial charge < -0.3 is 9.47 Å². The van der Waals surface area contributed by atoms with Crippen LogP contribution < -0.4 is 0 Å². The lowest BCUT2D eigenvalue weighted by atomic mass is 9.76. The lowest BCUT2D eigenvalue weighted by molar-refractivity contribution is -0.402. The minimum absolute atomic E-state index is 0.264. The van der Waals surface area contributed by atoms with Crippen LogP contribution in [0.2, 0.25) is 0 Å². The van der Waals surface area contributed by atoms with E-state index in [9.17, 15) is 18.0 Å². The molecule has 0 amide bonds. The molecule has 2 unspecified atom stereocenters. The van der Waals surface area contributed by atoms with E-state index in [-0.39, 0.29) is 13.0 Å². The van der Waals surface area contributed by atoms with Crippen LogP contribution in [0.25, 0.3) is 0 Å². The molecule has 16 heavy (non-hydrogen) atoms. The van der Waals surface area contributed by atoms with Crippen LogP contribution in [-0.2, 0) is 14.3 Å². The molecule has 1 rings (SSSR count). The lowest BCUT2D eigenvalue weighted by Crippen LogP contribution is -2.74. The first-order valence-electron chi connectivity index (χ1n) is 4.78. The van der Waals surface area contributed by atoms with Crippen LogP contribution in [0.3, 0.4) is 0 Å². The second-order valence-corrected chi connectivity index (χ2v) is 3.82. The molecule has 1 heterocycles. The fourth-order valence-corrected chi connectivity index (χ4v) is 1.88. The van der Waals surface area contributed by atoms with Crippen molar-refractivity contribution in [1.82, 2.24) is 0 Å². The molecule has 0 N–H and O–H groups in total. The van der Waals surface area contributed by atoms with Crippen molar-refractivity contribution in [3.8, 4) is 0 Å². The maximum absolute atomic E-state index is 12.9. The summed E-state index contributed by atoms with van der Waals surface area (Å²) in [4.78, 5) is 11.0. The highest BCUT2D eigenvalue weighted by atomic mass is 19.4. The molecule has 1 fully saturated rings. The highest BCUT2D eigenvalue weighted by Gasteiger charge is 2.73. The largest absolute Gasteiger partial charge is 0.450 e. The van der Waals surface area contributed by atoms with E-state index in [1.807, 2.05) is 0 Å². The minimum Gasteiger partial charge on any atom is -0.450 e. The Morgan fingerprint density at radius 2 is 2.19 bits per heavy atom. The molecular weight excluding hydrogens is 225 g/mol. The maximum atomic E-state index is 12.9. The van der Waals surface area contributed by atoms with E-state index < -0.39 is 23.3 Å². The van der Waals surface area contributed by atoms with Gasteiger partial charge in [-0.05, 0) is 13.3 Å². The van der Waals surface area contributed by atoms with Gasteiger partial charge in [0.05, 0.1) is 6.61 Å². The van der Waals surface area contributed by atoms with E-state index in [2.05, 4.69) is 11.3 Å². The third kappa shape index (κ3) is 1.61. The van der Waals surface area contributed by atoms with Gasteiger partial charge in [0.25, 0.3) is 0 Å². The van der Waals surface area contributed by atoms with Crippen molar-refractivity contribution in [3.63, 3.8) is 0 Å². The molecule has 1 aliphatic rings. The van der Waals surface area contributed by atoms with Crippen LogP contribution in [0.5, 0.6) is 0 Å². The van der Waals surface area contributed by atoms with Gasteiger partial charge in [-0.25, -0.2) is 4.79 Å². The van der Waals surface area contributed by atoms with Crippen LogP contribution in [0.1, 0.15) is 20.3 Å². The first kappa shape index (κ1) is 13.0. The van der Waals surface area contributed by atoms with E-state index >= 15 is 0 Å². The Bertz CT molecular complexity index is 309. The van der Waals surface area contributed by atoms with Crippen molar-refractivity contribution in [2.24, 2.45) is 0 Å². The van der Waals surface area contributed by atoms with Crippen molar-refractivity contribution >= 4 is 5.97 Å². The quantitative estimate of drug-likeness (QED) is 0.558. The fourth-order valence-electron chi connectivity index (χ4n) is 1.88. The number of alkyl halides is 3. The molecule has 0 aromatic heterocycles. The van der Waals surface area contributed by atoms with Gasteiger partial charge in [0.1, 0.15) is 0 Å². The number of ether oxygens (including phenoxy) is 2. The molecule has 0 saturated carbocycles. The summed E-state index contributed by atoms with van der Waals surface area (Å²) in [6, 6.07) is 0. The smallest absolute Gasteiger partial charge is 0.421 e. The topological polar surface area (TPSA) is 35.5 Å². The highest BCUT2D eigenvalue weighted by Crippen LogP contribution is 2.52. The molecule has 6 heteroatoms. The number of carbonyl (C=O) groups is 1. The molecule has 3 nitrogen and oxygen atoms in total. The predicted molar refractivity (Wildman–Crippen MR) is 49.7 cm³/mol.